The number of benzene rings is 5. The molecule has 51 heavy (non-hydrogen) atoms. The van der Waals surface area contributed by atoms with Gasteiger partial charge in [0.25, 0.3) is 0 Å². The highest BCUT2D eigenvalue weighted by atomic mass is 16.5. The van der Waals surface area contributed by atoms with Crippen molar-refractivity contribution in [3.05, 3.63) is 151 Å². The number of ether oxygens (including phenoxy) is 1. The summed E-state index contributed by atoms with van der Waals surface area (Å²) in [4.78, 5) is 10.7. The maximum Gasteiger partial charge on any atom is 0.149 e. The van der Waals surface area contributed by atoms with Crippen LogP contribution in [0, 0.1) is 6.92 Å². The van der Waals surface area contributed by atoms with E-state index in [1.54, 1.807) is 7.11 Å². The van der Waals surface area contributed by atoms with Crippen molar-refractivity contribution in [3.63, 3.8) is 0 Å². The van der Waals surface area contributed by atoms with E-state index in [-0.39, 0.29) is 5.41 Å². The standard InChI is InChI=1S/C46H38N4O/c1-29-13-6-7-16-35(29)31-14-12-15-33(27-31)49-38-19-10-8-17-36(38)42-41(30-21-23-34(51-5)24-22-30)43-37-18-9-11-20-39(37)50(45(43)48-44(42)49)40-28-32(25-26-47-40)46(2,3)4/h6-28H,1-5H3. The average molecular weight is 663 g/mol. The number of aromatic nitrogens is 4. The Labute approximate surface area is 297 Å². The summed E-state index contributed by atoms with van der Waals surface area (Å²) in [5.41, 5.74) is 12.1. The molecule has 9 rings (SSSR count). The molecule has 5 heteroatoms. The van der Waals surface area contributed by atoms with Crippen molar-refractivity contribution in [3.8, 4) is 39.5 Å². The third kappa shape index (κ3) is 4.91. The van der Waals surface area contributed by atoms with Crippen LogP contribution in [-0.2, 0) is 5.41 Å². The Hall–Kier alpha value is -6.20. The summed E-state index contributed by atoms with van der Waals surface area (Å²) in [5, 5.41) is 4.50. The first-order valence-corrected chi connectivity index (χ1v) is 17.5. The van der Waals surface area contributed by atoms with Crippen molar-refractivity contribution in [2.24, 2.45) is 0 Å². The number of fused-ring (bicyclic) bond motifs is 6. The minimum Gasteiger partial charge on any atom is -0.497 e. The van der Waals surface area contributed by atoms with Crippen molar-refractivity contribution in [1.82, 2.24) is 19.1 Å². The number of para-hydroxylation sites is 2. The molecule has 0 radical (unpaired) electrons. The van der Waals surface area contributed by atoms with Gasteiger partial charge in [0.1, 0.15) is 22.9 Å². The molecule has 0 saturated carbocycles. The van der Waals surface area contributed by atoms with Gasteiger partial charge in [-0.25, -0.2) is 9.97 Å². The van der Waals surface area contributed by atoms with Gasteiger partial charge in [-0.15, -0.1) is 0 Å². The summed E-state index contributed by atoms with van der Waals surface area (Å²) in [7, 11) is 1.71. The molecule has 0 bridgehead atoms. The van der Waals surface area contributed by atoms with Crippen LogP contribution in [0.2, 0.25) is 0 Å². The Kier molecular flexibility index (Phi) is 7.07. The van der Waals surface area contributed by atoms with E-state index in [1.165, 1.54) is 22.3 Å². The number of aryl methyl sites for hydroxylation is 1. The van der Waals surface area contributed by atoms with E-state index in [9.17, 15) is 0 Å². The van der Waals surface area contributed by atoms with E-state index in [4.69, 9.17) is 14.7 Å². The topological polar surface area (TPSA) is 44.9 Å². The van der Waals surface area contributed by atoms with Crippen molar-refractivity contribution in [1.29, 1.82) is 0 Å². The number of hydrogen-bond donors (Lipinski definition) is 0. The summed E-state index contributed by atoms with van der Waals surface area (Å²) in [6.45, 7) is 8.89. The Morgan fingerprint density at radius 1 is 0.608 bits per heavy atom. The van der Waals surface area contributed by atoms with Gasteiger partial charge in [-0.2, -0.15) is 0 Å². The average Bonchev–Trinajstić information content (AvgIpc) is 3.66. The molecule has 0 atom stereocenters. The van der Waals surface area contributed by atoms with Gasteiger partial charge in [-0.3, -0.25) is 9.13 Å². The van der Waals surface area contributed by atoms with E-state index in [1.807, 2.05) is 18.3 Å². The van der Waals surface area contributed by atoms with Gasteiger partial charge >= 0.3 is 0 Å². The minimum absolute atomic E-state index is 0.0417. The number of hydrogen-bond acceptors (Lipinski definition) is 3. The zero-order valence-electron chi connectivity index (χ0n) is 29.5. The molecule has 0 unspecified atom stereocenters. The third-order valence-electron chi connectivity index (χ3n) is 10.2. The zero-order valence-corrected chi connectivity index (χ0v) is 29.5. The lowest BCUT2D eigenvalue weighted by Gasteiger charge is -2.20. The molecular weight excluding hydrogens is 625 g/mol. The van der Waals surface area contributed by atoms with Gasteiger partial charge in [0.2, 0.25) is 0 Å². The molecule has 0 fully saturated rings. The molecule has 0 aliphatic carbocycles. The monoisotopic (exact) mass is 662 g/mol. The molecule has 4 aromatic heterocycles. The van der Waals surface area contributed by atoms with E-state index >= 15 is 0 Å². The molecule has 248 valence electrons. The van der Waals surface area contributed by atoms with Crippen LogP contribution in [0.5, 0.6) is 5.75 Å². The summed E-state index contributed by atoms with van der Waals surface area (Å²) < 4.78 is 10.2. The smallest absolute Gasteiger partial charge is 0.149 e. The maximum atomic E-state index is 5.70. The molecule has 4 heterocycles. The van der Waals surface area contributed by atoms with Crippen LogP contribution in [0.3, 0.4) is 0 Å². The highest BCUT2D eigenvalue weighted by molar-refractivity contribution is 6.26. The molecular formula is C46H38N4O. The number of methoxy groups -OCH3 is 1. The second-order valence-electron chi connectivity index (χ2n) is 14.3. The Morgan fingerprint density at radius 2 is 1.25 bits per heavy atom. The van der Waals surface area contributed by atoms with Crippen LogP contribution in [-0.4, -0.2) is 26.2 Å². The second kappa shape index (κ2) is 11.7. The van der Waals surface area contributed by atoms with Crippen LogP contribution in [0.25, 0.3) is 77.6 Å². The first-order valence-electron chi connectivity index (χ1n) is 17.5. The molecule has 0 N–H and O–H groups in total. The highest BCUT2D eigenvalue weighted by Crippen LogP contribution is 2.46. The molecule has 9 aromatic rings. The van der Waals surface area contributed by atoms with E-state index in [2.05, 4.69) is 158 Å². The number of rotatable bonds is 5. The number of pyridine rings is 2. The van der Waals surface area contributed by atoms with Gasteiger partial charge in [0.15, 0.2) is 0 Å². The summed E-state index contributed by atoms with van der Waals surface area (Å²) in [6.07, 6.45) is 1.92. The lowest BCUT2D eigenvalue weighted by Crippen LogP contribution is -2.12. The SMILES string of the molecule is COc1ccc(-c2c3c4ccccc4n(-c4cccc(-c5ccccc5C)c4)c3nc3c2c2ccccc2n3-c2cc(C(C)(C)C)ccn2)cc1. The Balaban J connectivity index is 1.47. The minimum atomic E-state index is -0.0417. The van der Waals surface area contributed by atoms with Crippen molar-refractivity contribution in [2.75, 3.05) is 7.11 Å². The van der Waals surface area contributed by atoms with Crippen LogP contribution in [0.1, 0.15) is 31.9 Å². The molecule has 0 aliphatic heterocycles. The maximum absolute atomic E-state index is 5.70. The Morgan fingerprint density at radius 3 is 1.94 bits per heavy atom. The largest absolute Gasteiger partial charge is 0.497 e. The predicted octanol–water partition coefficient (Wildman–Crippen LogP) is 11.6. The summed E-state index contributed by atoms with van der Waals surface area (Å²) >= 11 is 0. The van der Waals surface area contributed by atoms with E-state index in [0.717, 1.165) is 72.3 Å². The molecule has 0 spiro atoms. The van der Waals surface area contributed by atoms with Crippen molar-refractivity contribution in [2.45, 2.75) is 33.1 Å². The Bertz CT molecular complexity index is 2780. The highest BCUT2D eigenvalue weighted by Gasteiger charge is 2.26. The molecule has 0 aliphatic rings. The fourth-order valence-electron chi connectivity index (χ4n) is 7.64. The van der Waals surface area contributed by atoms with Gasteiger partial charge in [-0.1, -0.05) is 106 Å². The first kappa shape index (κ1) is 30.8. The first-order chi connectivity index (χ1) is 24.8. The lowest BCUT2D eigenvalue weighted by atomic mass is 9.88. The van der Waals surface area contributed by atoms with Crippen molar-refractivity contribution >= 4 is 43.9 Å². The third-order valence-corrected chi connectivity index (χ3v) is 10.2. The molecule has 0 amide bonds. The van der Waals surface area contributed by atoms with Crippen LogP contribution >= 0.6 is 0 Å². The van der Waals surface area contributed by atoms with Gasteiger partial charge in [0.05, 0.1) is 18.1 Å². The van der Waals surface area contributed by atoms with Crippen LogP contribution in [0.15, 0.2) is 140 Å². The second-order valence-corrected chi connectivity index (χ2v) is 14.3. The predicted molar refractivity (Wildman–Crippen MR) is 212 cm³/mol. The summed E-state index contributed by atoms with van der Waals surface area (Å²) in [5.74, 6) is 1.67. The number of nitrogens with zero attached hydrogens (tertiary/aromatic N) is 4. The van der Waals surface area contributed by atoms with Crippen LogP contribution in [0.4, 0.5) is 0 Å². The van der Waals surface area contributed by atoms with E-state index < -0.39 is 0 Å². The fraction of sp³-hybridized carbons (Fsp3) is 0.130. The van der Waals surface area contributed by atoms with Gasteiger partial charge < -0.3 is 4.74 Å². The quantitative estimate of drug-likeness (QED) is 0.184. The van der Waals surface area contributed by atoms with E-state index in [0.29, 0.717) is 0 Å². The van der Waals surface area contributed by atoms with Crippen LogP contribution < -0.4 is 4.74 Å². The molecule has 5 aromatic carbocycles. The molecule has 5 nitrogen and oxygen atoms in total. The lowest BCUT2D eigenvalue weighted by molar-refractivity contribution is 0.415. The fourth-order valence-corrected chi connectivity index (χ4v) is 7.64. The van der Waals surface area contributed by atoms with Crippen molar-refractivity contribution < 1.29 is 4.74 Å². The van der Waals surface area contributed by atoms with Gasteiger partial charge in [0, 0.05) is 39.0 Å². The molecule has 0 saturated heterocycles. The normalized spacial score (nSPS) is 12.0. The van der Waals surface area contributed by atoms with Gasteiger partial charge in [-0.05, 0) is 88.7 Å². The zero-order chi connectivity index (χ0) is 34.9. The summed E-state index contributed by atoms with van der Waals surface area (Å²) in [6, 6.07) is 47.5.